The van der Waals surface area contributed by atoms with E-state index in [0.29, 0.717) is 17.1 Å². The topological polar surface area (TPSA) is 144 Å². The number of hydrogen-bond acceptors (Lipinski definition) is 8. The van der Waals surface area contributed by atoms with E-state index in [0.717, 1.165) is 11.3 Å². The van der Waals surface area contributed by atoms with E-state index in [1.807, 2.05) is 6.92 Å². The van der Waals surface area contributed by atoms with Crippen molar-refractivity contribution in [3.63, 3.8) is 0 Å². The van der Waals surface area contributed by atoms with E-state index >= 15 is 0 Å². The number of nitrogens with one attached hydrogen (secondary N) is 2. The van der Waals surface area contributed by atoms with Crippen LogP contribution < -0.4 is 15.2 Å². The minimum Gasteiger partial charge on any atom is -0.399 e. The second-order valence-electron chi connectivity index (χ2n) is 5.66. The minimum atomic E-state index is -3.86. The molecule has 0 atom stereocenters. The number of benzene rings is 2. The predicted octanol–water partition coefficient (Wildman–Crippen LogP) is 2.28. The van der Waals surface area contributed by atoms with Gasteiger partial charge >= 0.3 is 0 Å². The molecule has 3 aromatic rings. The molecule has 0 amide bonds. The van der Waals surface area contributed by atoms with Gasteiger partial charge in [-0.2, -0.15) is 0 Å². The van der Waals surface area contributed by atoms with Crippen LogP contribution in [0.15, 0.2) is 58.3 Å². The normalized spacial score (nSPS) is 11.9. The lowest BCUT2D eigenvalue weighted by Gasteiger charge is -2.09. The molecule has 0 bridgehead atoms. The lowest BCUT2D eigenvalue weighted by atomic mass is 10.3. The highest BCUT2D eigenvalue weighted by Gasteiger charge is 2.18. The van der Waals surface area contributed by atoms with Gasteiger partial charge < -0.3 is 5.73 Å². The van der Waals surface area contributed by atoms with Crippen molar-refractivity contribution in [3.05, 3.63) is 53.5 Å². The van der Waals surface area contributed by atoms with Crippen LogP contribution in [0.25, 0.3) is 0 Å². The van der Waals surface area contributed by atoms with Gasteiger partial charge in [-0.25, -0.2) is 16.8 Å². The van der Waals surface area contributed by atoms with E-state index in [2.05, 4.69) is 19.6 Å². The third-order valence-electron chi connectivity index (χ3n) is 3.60. The van der Waals surface area contributed by atoms with Crippen molar-refractivity contribution >= 4 is 47.9 Å². The number of aromatic nitrogens is 2. The van der Waals surface area contributed by atoms with Crippen molar-refractivity contribution in [2.24, 2.45) is 0 Å². The quantitative estimate of drug-likeness (QED) is 0.479. The van der Waals surface area contributed by atoms with E-state index in [-0.39, 0.29) is 20.6 Å². The summed E-state index contributed by atoms with van der Waals surface area (Å²) in [6.45, 7) is 1.89. The number of rotatable bonds is 7. The molecule has 0 spiro atoms. The minimum absolute atomic E-state index is 0.0313. The number of nitrogens with zero attached hydrogens (tertiary/aromatic N) is 2. The second kappa shape index (κ2) is 7.73. The first kappa shape index (κ1) is 20.0. The van der Waals surface area contributed by atoms with E-state index in [4.69, 9.17) is 5.73 Å². The van der Waals surface area contributed by atoms with Gasteiger partial charge in [-0.3, -0.25) is 9.44 Å². The van der Waals surface area contributed by atoms with Crippen molar-refractivity contribution in [1.29, 1.82) is 0 Å². The fraction of sp³-hybridized carbons (Fsp3) is 0.125. The van der Waals surface area contributed by atoms with Gasteiger partial charge in [-0.1, -0.05) is 18.3 Å². The fourth-order valence-corrected chi connectivity index (χ4v) is 5.14. The van der Waals surface area contributed by atoms with Crippen LogP contribution >= 0.6 is 11.3 Å². The molecule has 0 unspecified atom stereocenters. The molecular formula is C16H17N5O4S3. The summed E-state index contributed by atoms with van der Waals surface area (Å²) in [5, 5.41) is 8.52. The molecule has 0 aliphatic rings. The molecule has 1 aromatic heterocycles. The monoisotopic (exact) mass is 439 g/mol. The van der Waals surface area contributed by atoms with Gasteiger partial charge in [0.05, 0.1) is 9.79 Å². The number of aryl methyl sites for hydroxylation is 1. The first-order chi connectivity index (χ1) is 13.2. The van der Waals surface area contributed by atoms with Gasteiger partial charge in [0.25, 0.3) is 20.0 Å². The molecule has 0 saturated carbocycles. The van der Waals surface area contributed by atoms with Crippen molar-refractivity contribution in [2.45, 2.75) is 23.1 Å². The second-order valence-corrected chi connectivity index (χ2v) is 10.1. The maximum absolute atomic E-state index is 12.4. The summed E-state index contributed by atoms with van der Waals surface area (Å²) in [4.78, 5) is 0.0132. The fourth-order valence-electron chi connectivity index (χ4n) is 2.17. The first-order valence-corrected chi connectivity index (χ1v) is 11.8. The summed E-state index contributed by atoms with van der Waals surface area (Å²) in [6.07, 6.45) is 0.655. The molecule has 0 aliphatic heterocycles. The van der Waals surface area contributed by atoms with Gasteiger partial charge in [0.2, 0.25) is 5.13 Å². The highest BCUT2D eigenvalue weighted by molar-refractivity contribution is 7.93. The Morgan fingerprint density at radius 1 is 0.857 bits per heavy atom. The van der Waals surface area contributed by atoms with Crippen LogP contribution in [0.4, 0.5) is 16.5 Å². The van der Waals surface area contributed by atoms with Gasteiger partial charge in [0.1, 0.15) is 5.01 Å². The Bertz CT molecular complexity index is 1170. The summed E-state index contributed by atoms with van der Waals surface area (Å²) in [6, 6.07) is 11.0. The van der Waals surface area contributed by atoms with E-state index in [1.54, 1.807) is 0 Å². The van der Waals surface area contributed by atoms with E-state index < -0.39 is 20.0 Å². The summed E-state index contributed by atoms with van der Waals surface area (Å²) in [7, 11) is -7.67. The molecule has 0 saturated heterocycles. The smallest absolute Gasteiger partial charge is 0.263 e. The number of hydrogen-bond donors (Lipinski definition) is 3. The molecular weight excluding hydrogens is 422 g/mol. The van der Waals surface area contributed by atoms with Crippen LogP contribution in [0, 0.1) is 0 Å². The Balaban J connectivity index is 1.76. The molecule has 3 rings (SSSR count). The molecule has 0 fully saturated rings. The number of sulfonamides is 2. The summed E-state index contributed by atoms with van der Waals surface area (Å²) >= 11 is 1.15. The van der Waals surface area contributed by atoms with Crippen LogP contribution in [0.1, 0.15) is 11.9 Å². The molecule has 9 nitrogen and oxygen atoms in total. The molecule has 28 heavy (non-hydrogen) atoms. The number of nitrogen functional groups attached to an aromatic ring is 1. The lowest BCUT2D eigenvalue weighted by Crippen LogP contribution is -2.14. The standard InChI is InChI=1S/C16H17N5O4S3/c1-2-15-18-19-16(26-15)21-28(24,25)14-9-5-12(6-10-14)20-27(22,23)13-7-3-11(17)4-8-13/h3-10,20H,2,17H2,1H3,(H,19,21). The van der Waals surface area contributed by atoms with Crippen molar-refractivity contribution in [2.75, 3.05) is 15.2 Å². The van der Waals surface area contributed by atoms with E-state index in [1.165, 1.54) is 48.5 Å². The Morgan fingerprint density at radius 2 is 1.39 bits per heavy atom. The largest absolute Gasteiger partial charge is 0.399 e. The van der Waals surface area contributed by atoms with Crippen molar-refractivity contribution in [1.82, 2.24) is 10.2 Å². The molecule has 4 N–H and O–H groups in total. The van der Waals surface area contributed by atoms with Crippen LogP contribution in [0.5, 0.6) is 0 Å². The molecule has 1 heterocycles. The van der Waals surface area contributed by atoms with Crippen LogP contribution in [0.2, 0.25) is 0 Å². The summed E-state index contributed by atoms with van der Waals surface area (Å²) in [5.41, 5.74) is 6.23. The summed E-state index contributed by atoms with van der Waals surface area (Å²) < 4.78 is 54.3. The molecule has 148 valence electrons. The Labute approximate surface area is 166 Å². The Kier molecular flexibility index (Phi) is 5.54. The van der Waals surface area contributed by atoms with Gasteiger partial charge in [-0.15, -0.1) is 10.2 Å². The lowest BCUT2D eigenvalue weighted by molar-refractivity contribution is 0.600. The zero-order valence-corrected chi connectivity index (χ0v) is 17.1. The Morgan fingerprint density at radius 3 is 1.93 bits per heavy atom. The third kappa shape index (κ3) is 4.58. The number of anilines is 3. The van der Waals surface area contributed by atoms with Crippen LogP contribution in [-0.2, 0) is 26.5 Å². The third-order valence-corrected chi connectivity index (χ3v) is 7.46. The predicted molar refractivity (Wildman–Crippen MR) is 108 cm³/mol. The highest BCUT2D eigenvalue weighted by atomic mass is 32.2. The Hall–Kier alpha value is -2.70. The molecule has 0 aliphatic carbocycles. The van der Waals surface area contributed by atoms with Gasteiger partial charge in [-0.05, 0) is 55.0 Å². The molecule has 0 radical (unpaired) electrons. The first-order valence-electron chi connectivity index (χ1n) is 8.03. The summed E-state index contributed by atoms with van der Waals surface area (Å²) in [5.74, 6) is 0. The van der Waals surface area contributed by atoms with Gasteiger partial charge in [0.15, 0.2) is 0 Å². The maximum atomic E-state index is 12.4. The maximum Gasteiger partial charge on any atom is 0.263 e. The highest BCUT2D eigenvalue weighted by Crippen LogP contribution is 2.22. The van der Waals surface area contributed by atoms with Crippen molar-refractivity contribution < 1.29 is 16.8 Å². The zero-order valence-electron chi connectivity index (χ0n) is 14.7. The molecule has 12 heteroatoms. The SMILES string of the molecule is CCc1nnc(NS(=O)(=O)c2ccc(NS(=O)(=O)c3ccc(N)cc3)cc2)s1. The molecule has 2 aromatic carbocycles. The van der Waals surface area contributed by atoms with Gasteiger partial charge in [0, 0.05) is 11.4 Å². The zero-order chi connectivity index (χ0) is 20.4. The number of nitrogens with two attached hydrogens (primary N) is 1. The average molecular weight is 440 g/mol. The van der Waals surface area contributed by atoms with Crippen LogP contribution in [-0.4, -0.2) is 27.0 Å². The van der Waals surface area contributed by atoms with Crippen LogP contribution in [0.3, 0.4) is 0 Å². The average Bonchev–Trinajstić information content (AvgIpc) is 3.09. The van der Waals surface area contributed by atoms with Crippen molar-refractivity contribution in [3.8, 4) is 0 Å². The van der Waals surface area contributed by atoms with E-state index in [9.17, 15) is 16.8 Å².